The van der Waals surface area contributed by atoms with E-state index in [2.05, 4.69) is 10.2 Å². The number of thioether (sulfide) groups is 1. The topological polar surface area (TPSA) is 79.0 Å². The van der Waals surface area contributed by atoms with Gasteiger partial charge in [0.25, 0.3) is 11.8 Å². The Bertz CT molecular complexity index is 1030. The van der Waals surface area contributed by atoms with Crippen molar-refractivity contribution in [3.05, 3.63) is 47.5 Å². The summed E-state index contributed by atoms with van der Waals surface area (Å²) in [4.78, 5) is 42.4. The summed E-state index contributed by atoms with van der Waals surface area (Å²) in [5.41, 5.74) is 1.11. The van der Waals surface area contributed by atoms with Crippen LogP contribution in [-0.4, -0.2) is 84.0 Å². The van der Waals surface area contributed by atoms with Crippen LogP contribution in [-0.2, 0) is 9.53 Å². The number of nitrogens with one attached hydrogen (secondary N) is 1. The molecular formula is C25H29N3O4S. The summed E-state index contributed by atoms with van der Waals surface area (Å²) in [5.74, 6) is 1.55. The Morgan fingerprint density at radius 3 is 2.39 bits per heavy atom. The lowest BCUT2D eigenvalue weighted by Gasteiger charge is -2.43. The van der Waals surface area contributed by atoms with E-state index in [0.717, 1.165) is 55.0 Å². The van der Waals surface area contributed by atoms with Crippen molar-refractivity contribution < 1.29 is 19.1 Å². The van der Waals surface area contributed by atoms with E-state index in [1.807, 2.05) is 36.0 Å². The molecule has 1 atom stereocenters. The summed E-state index contributed by atoms with van der Waals surface area (Å²) in [7, 11) is 0. The molecule has 7 nitrogen and oxygen atoms in total. The van der Waals surface area contributed by atoms with E-state index in [4.69, 9.17) is 4.74 Å². The third-order valence-electron chi connectivity index (χ3n) is 7.02. The molecule has 0 spiro atoms. The Morgan fingerprint density at radius 2 is 1.76 bits per heavy atom. The molecule has 0 aliphatic carbocycles. The maximum atomic E-state index is 13.0. The average molecular weight is 468 g/mol. The number of benzene rings is 2. The third kappa shape index (κ3) is 4.27. The number of imide groups is 1. The summed E-state index contributed by atoms with van der Waals surface area (Å²) in [5, 5.41) is 4.75. The van der Waals surface area contributed by atoms with E-state index in [1.54, 1.807) is 12.1 Å². The number of morpholine rings is 1. The number of carbonyl (C=O) groups excluding carboxylic acids is 3. The van der Waals surface area contributed by atoms with Crippen molar-refractivity contribution in [3.63, 3.8) is 0 Å². The molecule has 3 aliphatic heterocycles. The third-order valence-corrected chi connectivity index (χ3v) is 8.25. The lowest BCUT2D eigenvalue weighted by molar-refractivity contribution is -0.122. The van der Waals surface area contributed by atoms with E-state index in [-0.39, 0.29) is 36.2 Å². The second-order valence-corrected chi connectivity index (χ2v) is 10.1. The van der Waals surface area contributed by atoms with Gasteiger partial charge in [-0.25, -0.2) is 0 Å². The van der Waals surface area contributed by atoms with Crippen LogP contribution in [0.25, 0.3) is 10.8 Å². The summed E-state index contributed by atoms with van der Waals surface area (Å²) in [6, 6.07) is 11.0. The zero-order valence-corrected chi connectivity index (χ0v) is 19.5. The number of hydrogen-bond donors (Lipinski definition) is 1. The van der Waals surface area contributed by atoms with Gasteiger partial charge in [-0.15, -0.1) is 0 Å². The van der Waals surface area contributed by atoms with Crippen LogP contribution >= 0.6 is 11.8 Å². The molecule has 1 N–H and O–H groups in total. The molecule has 8 heteroatoms. The highest BCUT2D eigenvalue weighted by molar-refractivity contribution is 7.99. The highest BCUT2D eigenvalue weighted by atomic mass is 32.2. The highest BCUT2D eigenvalue weighted by Gasteiger charge is 2.41. The zero-order chi connectivity index (χ0) is 22.8. The largest absolute Gasteiger partial charge is 0.379 e. The molecule has 1 unspecified atom stereocenters. The fraction of sp³-hybridized carbons (Fsp3) is 0.480. The molecule has 2 aromatic carbocycles. The van der Waals surface area contributed by atoms with Crippen LogP contribution in [0, 0.1) is 0 Å². The van der Waals surface area contributed by atoms with Crippen molar-refractivity contribution in [1.82, 2.24) is 15.1 Å². The second kappa shape index (κ2) is 9.44. The lowest BCUT2D eigenvalue weighted by Crippen LogP contribution is -2.59. The normalized spacial score (nSPS) is 23.3. The number of rotatable bonds is 7. The van der Waals surface area contributed by atoms with Gasteiger partial charge in [0.05, 0.1) is 13.2 Å². The molecule has 0 saturated carbocycles. The summed E-state index contributed by atoms with van der Waals surface area (Å²) < 4.78 is 5.50. The van der Waals surface area contributed by atoms with Crippen molar-refractivity contribution in [2.75, 3.05) is 50.9 Å². The smallest absolute Gasteiger partial charge is 0.261 e. The van der Waals surface area contributed by atoms with Gasteiger partial charge in [0.15, 0.2) is 0 Å². The number of nitrogens with zero attached hydrogens (tertiary/aromatic N) is 2. The van der Waals surface area contributed by atoms with Gasteiger partial charge >= 0.3 is 0 Å². The predicted molar refractivity (Wildman–Crippen MR) is 129 cm³/mol. The van der Waals surface area contributed by atoms with Crippen LogP contribution in [0.3, 0.4) is 0 Å². The van der Waals surface area contributed by atoms with Crippen molar-refractivity contribution in [1.29, 1.82) is 0 Å². The van der Waals surface area contributed by atoms with Crippen molar-refractivity contribution >= 4 is 40.3 Å². The molecule has 0 aromatic heterocycles. The van der Waals surface area contributed by atoms with Gasteiger partial charge in [0.1, 0.15) is 0 Å². The van der Waals surface area contributed by atoms with Gasteiger partial charge in [-0.3, -0.25) is 24.2 Å². The molecule has 2 saturated heterocycles. The Balaban J connectivity index is 1.17. The number of carbonyl (C=O) groups is 3. The molecule has 2 fully saturated rings. The molecule has 3 aliphatic rings. The monoisotopic (exact) mass is 467 g/mol. The average Bonchev–Trinajstić information content (AvgIpc) is 3.34. The van der Waals surface area contributed by atoms with Crippen LogP contribution in [0.2, 0.25) is 0 Å². The van der Waals surface area contributed by atoms with E-state index in [0.29, 0.717) is 24.1 Å². The van der Waals surface area contributed by atoms with Crippen molar-refractivity contribution in [2.24, 2.45) is 0 Å². The maximum absolute atomic E-state index is 13.0. The molecule has 3 amide bonds. The van der Waals surface area contributed by atoms with Crippen LogP contribution in [0.5, 0.6) is 0 Å². The fourth-order valence-electron chi connectivity index (χ4n) is 5.17. The lowest BCUT2D eigenvalue weighted by atomic mass is 9.94. The molecule has 5 rings (SSSR count). The zero-order valence-electron chi connectivity index (χ0n) is 18.7. The SMILES string of the molecule is O=C(CCCN1C(=O)c2cccc3cccc(c23)C1=O)NCC1(N2CCOCC2)CCSC1. The standard InChI is InChI=1S/C25H29N3O4S/c29-21(26-16-25(9-15-33-17-25)27-11-13-32-14-12-27)8-3-10-28-23(30)19-6-1-4-18-5-2-7-20(22(18)19)24(28)31/h1-2,4-7H,3,8-17H2,(H,26,29). The van der Waals surface area contributed by atoms with Gasteiger partial charge in [-0.1, -0.05) is 24.3 Å². The molecule has 0 bridgehead atoms. The van der Waals surface area contributed by atoms with E-state index in [1.165, 1.54) is 4.90 Å². The van der Waals surface area contributed by atoms with Crippen LogP contribution < -0.4 is 5.32 Å². The minimum Gasteiger partial charge on any atom is -0.379 e. The first-order valence-corrected chi connectivity index (χ1v) is 12.8. The molecule has 3 heterocycles. The minimum absolute atomic E-state index is 0.00526. The molecule has 174 valence electrons. The van der Waals surface area contributed by atoms with E-state index >= 15 is 0 Å². The summed E-state index contributed by atoms with van der Waals surface area (Å²) in [6.07, 6.45) is 1.80. The molecular weight excluding hydrogens is 438 g/mol. The molecule has 0 radical (unpaired) electrons. The van der Waals surface area contributed by atoms with Crippen LogP contribution in [0.15, 0.2) is 36.4 Å². The summed E-state index contributed by atoms with van der Waals surface area (Å²) in [6.45, 7) is 4.17. The van der Waals surface area contributed by atoms with Crippen molar-refractivity contribution in [3.8, 4) is 0 Å². The van der Waals surface area contributed by atoms with Gasteiger partial charge in [0, 0.05) is 60.4 Å². The van der Waals surface area contributed by atoms with Crippen LogP contribution in [0.4, 0.5) is 0 Å². The Hall–Kier alpha value is -2.42. The van der Waals surface area contributed by atoms with Gasteiger partial charge in [-0.05, 0) is 36.1 Å². The maximum Gasteiger partial charge on any atom is 0.261 e. The molecule has 33 heavy (non-hydrogen) atoms. The predicted octanol–water partition coefficient (Wildman–Crippen LogP) is 2.54. The first-order chi connectivity index (χ1) is 16.1. The number of ether oxygens (including phenoxy) is 1. The van der Waals surface area contributed by atoms with Crippen molar-refractivity contribution in [2.45, 2.75) is 24.8 Å². The van der Waals surface area contributed by atoms with Gasteiger partial charge in [0.2, 0.25) is 5.91 Å². The minimum atomic E-state index is -0.279. The van der Waals surface area contributed by atoms with Gasteiger partial charge in [-0.2, -0.15) is 11.8 Å². The van der Waals surface area contributed by atoms with E-state index < -0.39 is 0 Å². The number of amides is 3. The van der Waals surface area contributed by atoms with E-state index in [9.17, 15) is 14.4 Å². The fourth-order valence-corrected chi connectivity index (χ4v) is 6.65. The van der Waals surface area contributed by atoms with Gasteiger partial charge < -0.3 is 10.1 Å². The highest BCUT2D eigenvalue weighted by Crippen LogP contribution is 2.34. The summed E-state index contributed by atoms with van der Waals surface area (Å²) >= 11 is 1.94. The number of hydrogen-bond acceptors (Lipinski definition) is 6. The Morgan fingerprint density at radius 1 is 1.06 bits per heavy atom. The quantitative estimate of drug-likeness (QED) is 0.631. The first-order valence-electron chi connectivity index (χ1n) is 11.6. The Kier molecular flexibility index (Phi) is 6.40. The van der Waals surface area contributed by atoms with Crippen LogP contribution in [0.1, 0.15) is 40.0 Å². The first kappa shape index (κ1) is 22.4. The second-order valence-electron chi connectivity index (χ2n) is 8.98. The Labute approximate surface area is 197 Å². The molecule has 2 aromatic rings.